The van der Waals surface area contributed by atoms with E-state index < -0.39 is 5.97 Å². The maximum absolute atomic E-state index is 13.3. The highest BCUT2D eigenvalue weighted by atomic mass is 16.5. The minimum absolute atomic E-state index is 0.235. The summed E-state index contributed by atoms with van der Waals surface area (Å²) in [6.45, 7) is 2.05. The largest absolute Gasteiger partial charge is 0.497 e. The quantitative estimate of drug-likeness (QED) is 0.501. The second-order valence-electron chi connectivity index (χ2n) is 6.86. The number of allylic oxidation sites excluding steroid dienone is 1. The van der Waals surface area contributed by atoms with Crippen LogP contribution in [0.3, 0.4) is 0 Å². The third-order valence-corrected chi connectivity index (χ3v) is 5.14. The molecule has 31 heavy (non-hydrogen) atoms. The summed E-state index contributed by atoms with van der Waals surface area (Å²) in [4.78, 5) is 27.4. The Morgan fingerprint density at radius 2 is 1.58 bits per heavy atom. The lowest BCUT2D eigenvalue weighted by Crippen LogP contribution is -2.24. The Kier molecular flexibility index (Phi) is 6.65. The summed E-state index contributed by atoms with van der Waals surface area (Å²) in [6.07, 6.45) is 1.64. The molecule has 0 aliphatic carbocycles. The number of hydrogen-bond acceptors (Lipinski definition) is 6. The molecule has 2 aromatic rings. The molecule has 0 bridgehead atoms. The Balaban J connectivity index is 2.03. The Morgan fingerprint density at radius 1 is 0.935 bits per heavy atom. The lowest BCUT2D eigenvalue weighted by molar-refractivity contribution is -0.136. The molecule has 162 valence electrons. The van der Waals surface area contributed by atoms with Crippen molar-refractivity contribution in [2.75, 3.05) is 28.4 Å². The van der Waals surface area contributed by atoms with Crippen LogP contribution in [0, 0.1) is 0 Å². The molecule has 0 fully saturated rings. The van der Waals surface area contributed by atoms with Crippen LogP contribution in [-0.2, 0) is 20.9 Å². The molecule has 0 N–H and O–H groups in total. The average Bonchev–Trinajstić information content (AvgIpc) is 3.03. The van der Waals surface area contributed by atoms with Gasteiger partial charge in [0.1, 0.15) is 17.2 Å². The number of carbonyl (C=O) groups is 2. The van der Waals surface area contributed by atoms with Crippen LogP contribution in [0.1, 0.15) is 18.1 Å². The van der Waals surface area contributed by atoms with Crippen LogP contribution in [0.25, 0.3) is 6.08 Å². The van der Waals surface area contributed by atoms with Gasteiger partial charge in [-0.25, -0.2) is 4.79 Å². The average molecular weight is 423 g/mol. The standard InChI is InChI=1S/C24H25NO6/c1-15-22(24(27)31-5)20(12-17-8-11-19(29-3)13-21(17)30-4)23(26)25(15)14-16-6-9-18(28-2)10-7-16/h6-13H,14H2,1-5H3/b20-12-. The number of amides is 1. The van der Waals surface area contributed by atoms with E-state index in [1.807, 2.05) is 24.3 Å². The Labute approximate surface area is 181 Å². The van der Waals surface area contributed by atoms with Crippen LogP contribution in [0.2, 0.25) is 0 Å². The number of rotatable bonds is 7. The number of benzene rings is 2. The molecule has 0 spiro atoms. The van der Waals surface area contributed by atoms with E-state index in [1.165, 1.54) is 14.2 Å². The van der Waals surface area contributed by atoms with Crippen LogP contribution in [0.4, 0.5) is 0 Å². The molecule has 0 radical (unpaired) electrons. The molecule has 0 saturated heterocycles. The molecule has 0 aromatic heterocycles. The molecule has 0 unspecified atom stereocenters. The second kappa shape index (κ2) is 9.38. The molecule has 0 atom stereocenters. The molecule has 7 nitrogen and oxygen atoms in total. The topological polar surface area (TPSA) is 74.3 Å². The van der Waals surface area contributed by atoms with Crippen molar-refractivity contribution in [3.05, 3.63) is 70.4 Å². The lowest BCUT2D eigenvalue weighted by atomic mass is 10.0. The lowest BCUT2D eigenvalue weighted by Gasteiger charge is -2.18. The van der Waals surface area contributed by atoms with Crippen LogP contribution in [0.5, 0.6) is 17.2 Å². The number of ether oxygens (including phenoxy) is 4. The fraction of sp³-hybridized carbons (Fsp3) is 0.250. The van der Waals surface area contributed by atoms with Crippen molar-refractivity contribution in [1.29, 1.82) is 0 Å². The summed E-state index contributed by atoms with van der Waals surface area (Å²) >= 11 is 0. The third kappa shape index (κ3) is 4.40. The van der Waals surface area contributed by atoms with Crippen molar-refractivity contribution in [2.45, 2.75) is 13.5 Å². The number of carbonyl (C=O) groups excluding carboxylic acids is 2. The summed E-state index contributed by atoms with van der Waals surface area (Å²) in [7, 11) is 5.99. The van der Waals surface area contributed by atoms with E-state index in [9.17, 15) is 9.59 Å². The zero-order valence-electron chi connectivity index (χ0n) is 18.2. The summed E-state index contributed by atoms with van der Waals surface area (Å²) in [5, 5.41) is 0. The van der Waals surface area contributed by atoms with E-state index in [1.54, 1.807) is 50.3 Å². The van der Waals surface area contributed by atoms with Crippen molar-refractivity contribution in [3.63, 3.8) is 0 Å². The number of methoxy groups -OCH3 is 4. The molecule has 0 saturated carbocycles. The van der Waals surface area contributed by atoms with E-state index in [2.05, 4.69) is 0 Å². The van der Waals surface area contributed by atoms with Gasteiger partial charge in [-0.2, -0.15) is 0 Å². The Bertz CT molecular complexity index is 1050. The van der Waals surface area contributed by atoms with Crippen LogP contribution in [-0.4, -0.2) is 45.2 Å². The number of nitrogens with zero attached hydrogens (tertiary/aromatic N) is 1. The van der Waals surface area contributed by atoms with E-state index >= 15 is 0 Å². The van der Waals surface area contributed by atoms with Crippen molar-refractivity contribution in [1.82, 2.24) is 4.90 Å². The van der Waals surface area contributed by atoms with E-state index in [-0.39, 0.29) is 17.1 Å². The zero-order chi connectivity index (χ0) is 22.5. The molecule has 1 aliphatic rings. The van der Waals surface area contributed by atoms with Crippen LogP contribution < -0.4 is 14.2 Å². The fourth-order valence-electron chi connectivity index (χ4n) is 3.43. The first-order valence-electron chi connectivity index (χ1n) is 9.61. The van der Waals surface area contributed by atoms with E-state index in [4.69, 9.17) is 18.9 Å². The summed E-state index contributed by atoms with van der Waals surface area (Å²) in [5.74, 6) is 1.02. The minimum Gasteiger partial charge on any atom is -0.497 e. The van der Waals surface area contributed by atoms with Crippen molar-refractivity contribution in [2.24, 2.45) is 0 Å². The molecule has 1 aliphatic heterocycles. The Hall–Kier alpha value is -3.74. The summed E-state index contributed by atoms with van der Waals surface area (Å²) < 4.78 is 20.8. The van der Waals surface area contributed by atoms with Gasteiger partial charge in [0.05, 0.1) is 46.1 Å². The molecule has 1 amide bonds. The second-order valence-corrected chi connectivity index (χ2v) is 6.86. The predicted octanol–water partition coefficient (Wildman–Crippen LogP) is 3.59. The first kappa shape index (κ1) is 22.0. The fourth-order valence-corrected chi connectivity index (χ4v) is 3.43. The van der Waals surface area contributed by atoms with Gasteiger partial charge in [-0.15, -0.1) is 0 Å². The van der Waals surface area contributed by atoms with Crippen LogP contribution in [0.15, 0.2) is 59.3 Å². The van der Waals surface area contributed by atoms with Gasteiger partial charge < -0.3 is 23.8 Å². The van der Waals surface area contributed by atoms with E-state index in [0.29, 0.717) is 29.3 Å². The smallest absolute Gasteiger partial charge is 0.340 e. The first-order valence-corrected chi connectivity index (χ1v) is 9.61. The normalized spacial score (nSPS) is 14.8. The van der Waals surface area contributed by atoms with Gasteiger partial charge in [0.2, 0.25) is 0 Å². The molecule has 7 heteroatoms. The van der Waals surface area contributed by atoms with Gasteiger partial charge in [-0.05, 0) is 42.8 Å². The van der Waals surface area contributed by atoms with Gasteiger partial charge in [0.15, 0.2) is 0 Å². The highest BCUT2D eigenvalue weighted by Gasteiger charge is 2.37. The minimum atomic E-state index is -0.568. The summed E-state index contributed by atoms with van der Waals surface area (Å²) in [6, 6.07) is 12.7. The van der Waals surface area contributed by atoms with Crippen molar-refractivity contribution < 1.29 is 28.5 Å². The first-order chi connectivity index (χ1) is 14.9. The van der Waals surface area contributed by atoms with Gasteiger partial charge in [0.25, 0.3) is 5.91 Å². The number of esters is 1. The summed E-state index contributed by atoms with van der Waals surface area (Å²) in [5.41, 5.74) is 2.57. The van der Waals surface area contributed by atoms with Crippen molar-refractivity contribution in [3.8, 4) is 17.2 Å². The SMILES string of the molecule is COC(=O)C1=C(C)N(Cc2ccc(OC)cc2)C(=O)/C1=C\c1ccc(OC)cc1OC. The van der Waals surface area contributed by atoms with Gasteiger partial charge in [-0.1, -0.05) is 12.1 Å². The maximum Gasteiger partial charge on any atom is 0.340 e. The maximum atomic E-state index is 13.3. The molecule has 1 heterocycles. The van der Waals surface area contributed by atoms with Gasteiger partial charge >= 0.3 is 5.97 Å². The monoisotopic (exact) mass is 423 g/mol. The van der Waals surface area contributed by atoms with Gasteiger partial charge in [0, 0.05) is 17.3 Å². The molecule has 2 aromatic carbocycles. The molecule has 3 rings (SSSR count). The van der Waals surface area contributed by atoms with Gasteiger partial charge in [-0.3, -0.25) is 4.79 Å². The number of hydrogen-bond donors (Lipinski definition) is 0. The highest BCUT2D eigenvalue weighted by molar-refractivity contribution is 6.16. The van der Waals surface area contributed by atoms with Crippen LogP contribution >= 0.6 is 0 Å². The molecular formula is C24H25NO6. The third-order valence-electron chi connectivity index (χ3n) is 5.14. The highest BCUT2D eigenvalue weighted by Crippen LogP contribution is 2.35. The Morgan fingerprint density at radius 3 is 2.16 bits per heavy atom. The predicted molar refractivity (Wildman–Crippen MR) is 116 cm³/mol. The zero-order valence-corrected chi connectivity index (χ0v) is 18.2. The molecular weight excluding hydrogens is 398 g/mol. The van der Waals surface area contributed by atoms with E-state index in [0.717, 1.165) is 11.3 Å². The van der Waals surface area contributed by atoms with Crippen molar-refractivity contribution >= 4 is 18.0 Å².